The molecule has 1 atom stereocenters. The molecule has 1 aliphatic carbocycles. The molecular formula is C12H18O2. The number of carbonyl (C=O) groups excluding carboxylic acids is 1. The number of carbonyl (C=O) groups is 1. The van der Waals surface area contributed by atoms with E-state index in [4.69, 9.17) is 4.74 Å². The second-order valence-electron chi connectivity index (χ2n) is 4.30. The van der Waals surface area contributed by atoms with Crippen LogP contribution in [-0.4, -0.2) is 12.6 Å². The van der Waals surface area contributed by atoms with Gasteiger partial charge in [-0.15, -0.1) is 0 Å². The van der Waals surface area contributed by atoms with Crippen LogP contribution < -0.4 is 0 Å². The van der Waals surface area contributed by atoms with E-state index in [1.54, 1.807) is 0 Å². The monoisotopic (exact) mass is 194 g/mol. The second kappa shape index (κ2) is 4.45. The average molecular weight is 194 g/mol. The van der Waals surface area contributed by atoms with Gasteiger partial charge in [0.25, 0.3) is 0 Å². The van der Waals surface area contributed by atoms with E-state index in [1.807, 2.05) is 0 Å². The van der Waals surface area contributed by atoms with Crippen molar-refractivity contribution in [1.82, 2.24) is 0 Å². The van der Waals surface area contributed by atoms with Gasteiger partial charge in [0.15, 0.2) is 0 Å². The van der Waals surface area contributed by atoms with E-state index in [2.05, 4.69) is 38.2 Å². The van der Waals surface area contributed by atoms with Crippen molar-refractivity contribution in [3.05, 3.63) is 24.3 Å². The summed E-state index contributed by atoms with van der Waals surface area (Å²) in [5.41, 5.74) is 0.175. The van der Waals surface area contributed by atoms with Crippen LogP contribution in [0.1, 0.15) is 27.2 Å². The molecule has 1 aliphatic rings. The first-order valence-corrected chi connectivity index (χ1v) is 5.02. The number of hydrogen-bond acceptors (Lipinski definition) is 2. The Balaban J connectivity index is 2.40. The number of esters is 1. The van der Waals surface area contributed by atoms with Crippen molar-refractivity contribution in [3.8, 4) is 0 Å². The number of hydrogen-bond donors (Lipinski definition) is 0. The topological polar surface area (TPSA) is 26.3 Å². The van der Waals surface area contributed by atoms with E-state index in [-0.39, 0.29) is 11.4 Å². The minimum absolute atomic E-state index is 0.175. The lowest BCUT2D eigenvalue weighted by Crippen LogP contribution is -2.23. The van der Waals surface area contributed by atoms with Gasteiger partial charge in [0.05, 0.1) is 6.61 Å². The van der Waals surface area contributed by atoms with Crippen molar-refractivity contribution < 1.29 is 9.53 Å². The molecule has 0 aromatic rings. The summed E-state index contributed by atoms with van der Waals surface area (Å²) in [7, 11) is 0. The fraction of sp³-hybridized carbons (Fsp3) is 0.583. The Labute approximate surface area is 85.6 Å². The summed E-state index contributed by atoms with van der Waals surface area (Å²) in [6, 6.07) is 0. The van der Waals surface area contributed by atoms with Crippen molar-refractivity contribution in [3.63, 3.8) is 0 Å². The first kappa shape index (κ1) is 11.0. The Morgan fingerprint density at radius 3 is 2.71 bits per heavy atom. The van der Waals surface area contributed by atoms with Crippen molar-refractivity contribution in [2.45, 2.75) is 27.2 Å². The fourth-order valence-corrected chi connectivity index (χ4v) is 1.67. The molecule has 0 N–H and O–H groups in total. The van der Waals surface area contributed by atoms with Crippen LogP contribution >= 0.6 is 0 Å². The second-order valence-corrected chi connectivity index (χ2v) is 4.30. The van der Waals surface area contributed by atoms with Gasteiger partial charge in [-0.05, 0) is 17.8 Å². The third-order valence-corrected chi connectivity index (χ3v) is 2.67. The Kier molecular flexibility index (Phi) is 3.50. The van der Waals surface area contributed by atoms with Crippen LogP contribution in [0.2, 0.25) is 0 Å². The zero-order valence-corrected chi connectivity index (χ0v) is 9.12. The molecule has 0 heterocycles. The van der Waals surface area contributed by atoms with Crippen LogP contribution in [0.3, 0.4) is 0 Å². The van der Waals surface area contributed by atoms with Gasteiger partial charge in [-0.25, -0.2) is 0 Å². The number of allylic oxidation sites excluding steroid dienone is 4. The molecule has 1 rings (SSSR count). The average Bonchev–Trinajstić information content (AvgIpc) is 2.07. The van der Waals surface area contributed by atoms with Gasteiger partial charge in [-0.1, -0.05) is 38.2 Å². The molecule has 0 aromatic heterocycles. The molecule has 0 aliphatic heterocycles. The molecule has 0 bridgehead atoms. The zero-order chi connectivity index (χ0) is 10.6. The molecule has 78 valence electrons. The van der Waals surface area contributed by atoms with Crippen molar-refractivity contribution in [1.29, 1.82) is 0 Å². The molecule has 0 amide bonds. The Bertz CT molecular complexity index is 261. The molecule has 0 aromatic carbocycles. The van der Waals surface area contributed by atoms with Crippen molar-refractivity contribution >= 4 is 5.97 Å². The predicted molar refractivity (Wildman–Crippen MR) is 56.8 cm³/mol. The Hall–Kier alpha value is -1.05. The largest absolute Gasteiger partial charge is 0.466 e. The summed E-state index contributed by atoms with van der Waals surface area (Å²) in [4.78, 5) is 10.6. The van der Waals surface area contributed by atoms with Crippen LogP contribution in [0.25, 0.3) is 0 Å². The van der Waals surface area contributed by atoms with Gasteiger partial charge in [0.2, 0.25) is 0 Å². The maximum absolute atomic E-state index is 10.6. The first-order chi connectivity index (χ1) is 6.52. The summed E-state index contributed by atoms with van der Waals surface area (Å²) in [6.45, 7) is 6.36. The van der Waals surface area contributed by atoms with E-state index in [1.165, 1.54) is 6.92 Å². The van der Waals surface area contributed by atoms with Gasteiger partial charge in [0, 0.05) is 6.92 Å². The number of rotatable bonds is 3. The smallest absolute Gasteiger partial charge is 0.302 e. The summed E-state index contributed by atoms with van der Waals surface area (Å²) in [6.07, 6.45) is 9.41. The van der Waals surface area contributed by atoms with Gasteiger partial charge >= 0.3 is 5.97 Å². The highest BCUT2D eigenvalue weighted by atomic mass is 16.5. The summed E-state index contributed by atoms with van der Waals surface area (Å²) in [5.74, 6) is 0.269. The molecule has 0 spiro atoms. The van der Waals surface area contributed by atoms with Crippen LogP contribution in [0, 0.1) is 11.3 Å². The maximum atomic E-state index is 10.6. The van der Waals surface area contributed by atoms with E-state index >= 15 is 0 Å². The zero-order valence-electron chi connectivity index (χ0n) is 9.12. The summed E-state index contributed by atoms with van der Waals surface area (Å²) < 4.78 is 4.94. The Morgan fingerprint density at radius 2 is 2.14 bits per heavy atom. The van der Waals surface area contributed by atoms with Crippen LogP contribution in [0.4, 0.5) is 0 Å². The minimum Gasteiger partial charge on any atom is -0.466 e. The molecule has 0 radical (unpaired) electrons. The highest BCUT2D eigenvalue weighted by Gasteiger charge is 2.25. The predicted octanol–water partition coefficient (Wildman–Crippen LogP) is 2.71. The standard InChI is InChI=1S/C12H18O2/c1-10(13)14-9-7-11-6-4-5-8-12(11,2)3/h4-6,8,11H,7,9H2,1-3H3. The van der Waals surface area contributed by atoms with Crippen LogP contribution in [0.15, 0.2) is 24.3 Å². The molecule has 2 nitrogen and oxygen atoms in total. The van der Waals surface area contributed by atoms with E-state index < -0.39 is 0 Å². The quantitative estimate of drug-likeness (QED) is 0.646. The van der Waals surface area contributed by atoms with E-state index in [0.717, 1.165) is 6.42 Å². The third-order valence-electron chi connectivity index (χ3n) is 2.67. The lowest BCUT2D eigenvalue weighted by atomic mass is 9.75. The third kappa shape index (κ3) is 3.02. The van der Waals surface area contributed by atoms with Crippen LogP contribution in [0.5, 0.6) is 0 Å². The molecule has 0 saturated carbocycles. The van der Waals surface area contributed by atoms with Crippen LogP contribution in [-0.2, 0) is 9.53 Å². The highest BCUT2D eigenvalue weighted by molar-refractivity contribution is 5.65. The molecule has 0 fully saturated rings. The highest BCUT2D eigenvalue weighted by Crippen LogP contribution is 2.34. The van der Waals surface area contributed by atoms with Gasteiger partial charge in [0.1, 0.15) is 0 Å². The minimum atomic E-state index is -0.196. The molecule has 0 saturated heterocycles. The molecular weight excluding hydrogens is 176 g/mol. The van der Waals surface area contributed by atoms with Crippen molar-refractivity contribution in [2.75, 3.05) is 6.61 Å². The van der Waals surface area contributed by atoms with E-state index in [9.17, 15) is 4.79 Å². The molecule has 14 heavy (non-hydrogen) atoms. The van der Waals surface area contributed by atoms with Gasteiger partial charge < -0.3 is 4.74 Å². The molecule has 1 unspecified atom stereocenters. The molecule has 2 heteroatoms. The lowest BCUT2D eigenvalue weighted by Gasteiger charge is -2.31. The van der Waals surface area contributed by atoms with Crippen molar-refractivity contribution in [2.24, 2.45) is 11.3 Å². The SMILES string of the molecule is CC(=O)OCCC1C=CC=CC1(C)C. The normalized spacial score (nSPS) is 23.5. The maximum Gasteiger partial charge on any atom is 0.302 e. The Morgan fingerprint density at radius 1 is 1.43 bits per heavy atom. The first-order valence-electron chi connectivity index (χ1n) is 5.02. The van der Waals surface area contributed by atoms with E-state index in [0.29, 0.717) is 12.5 Å². The summed E-state index contributed by atoms with van der Waals surface area (Å²) >= 11 is 0. The number of ether oxygens (including phenoxy) is 1. The lowest BCUT2D eigenvalue weighted by molar-refractivity contribution is -0.141. The van der Waals surface area contributed by atoms with Gasteiger partial charge in [-0.3, -0.25) is 4.79 Å². The van der Waals surface area contributed by atoms with Gasteiger partial charge in [-0.2, -0.15) is 0 Å². The fourth-order valence-electron chi connectivity index (χ4n) is 1.67. The summed E-state index contributed by atoms with van der Waals surface area (Å²) in [5, 5.41) is 0.